The fraction of sp³-hybridized carbons (Fsp3) is 1.00. The summed E-state index contributed by atoms with van der Waals surface area (Å²) >= 11 is 0. The number of fused-ring (bicyclic) bond motifs is 2. The monoisotopic (exact) mass is 221 g/mol. The topological polar surface area (TPSA) is 12.0 Å². The molecule has 1 N–H and O–H groups in total. The van der Waals surface area contributed by atoms with Crippen molar-refractivity contribution in [2.45, 2.75) is 70.3 Å². The van der Waals surface area contributed by atoms with E-state index < -0.39 is 0 Å². The van der Waals surface area contributed by atoms with Crippen LogP contribution in [0.5, 0.6) is 0 Å². The van der Waals surface area contributed by atoms with Crippen LogP contribution in [0, 0.1) is 17.8 Å². The molecule has 0 spiro atoms. The van der Waals surface area contributed by atoms with Gasteiger partial charge in [-0.2, -0.15) is 0 Å². The highest BCUT2D eigenvalue weighted by Gasteiger charge is 2.38. The van der Waals surface area contributed by atoms with E-state index in [-0.39, 0.29) is 0 Å². The zero-order valence-corrected chi connectivity index (χ0v) is 10.6. The maximum absolute atomic E-state index is 3.84. The summed E-state index contributed by atoms with van der Waals surface area (Å²) in [6, 6.07) is 0.905. The highest BCUT2D eigenvalue weighted by molar-refractivity contribution is 4.93. The van der Waals surface area contributed by atoms with E-state index in [2.05, 4.69) is 5.32 Å². The van der Waals surface area contributed by atoms with Gasteiger partial charge in [-0.1, -0.05) is 32.1 Å². The summed E-state index contributed by atoms with van der Waals surface area (Å²) in [6.07, 6.45) is 15.1. The molecular formula is C15H27N. The summed E-state index contributed by atoms with van der Waals surface area (Å²) in [5.41, 5.74) is 0. The Kier molecular flexibility index (Phi) is 3.51. The quantitative estimate of drug-likeness (QED) is 0.697. The van der Waals surface area contributed by atoms with Crippen molar-refractivity contribution in [3.05, 3.63) is 0 Å². The molecule has 0 aromatic carbocycles. The van der Waals surface area contributed by atoms with E-state index in [4.69, 9.17) is 0 Å². The molecule has 16 heavy (non-hydrogen) atoms. The Labute approximate surface area is 100 Å². The van der Waals surface area contributed by atoms with Gasteiger partial charge in [-0.05, 0) is 56.4 Å². The van der Waals surface area contributed by atoms with Crippen LogP contribution in [-0.2, 0) is 0 Å². The van der Waals surface area contributed by atoms with Crippen LogP contribution in [0.3, 0.4) is 0 Å². The number of rotatable bonds is 5. The van der Waals surface area contributed by atoms with E-state index in [9.17, 15) is 0 Å². The van der Waals surface area contributed by atoms with E-state index in [0.29, 0.717) is 0 Å². The Balaban J connectivity index is 1.29. The number of hydrogen-bond donors (Lipinski definition) is 1. The van der Waals surface area contributed by atoms with E-state index >= 15 is 0 Å². The highest BCUT2D eigenvalue weighted by Crippen LogP contribution is 2.44. The lowest BCUT2D eigenvalue weighted by Gasteiger charge is -2.23. The molecule has 0 heterocycles. The Morgan fingerprint density at radius 1 is 0.938 bits per heavy atom. The van der Waals surface area contributed by atoms with Gasteiger partial charge in [0.15, 0.2) is 0 Å². The third-order valence-electron chi connectivity index (χ3n) is 5.41. The standard InChI is InChI=1S/C15H27N/c1-2-5-12(4-1)6-3-9-16-15-11-13-7-8-14(15)10-13/h12-16H,1-11H2. The summed E-state index contributed by atoms with van der Waals surface area (Å²) in [7, 11) is 0. The molecule has 3 atom stereocenters. The lowest BCUT2D eigenvalue weighted by atomic mass is 9.95. The lowest BCUT2D eigenvalue weighted by Crippen LogP contribution is -2.34. The largest absolute Gasteiger partial charge is 0.314 e. The molecule has 92 valence electrons. The van der Waals surface area contributed by atoms with E-state index in [1.807, 2.05) is 0 Å². The average molecular weight is 221 g/mol. The van der Waals surface area contributed by atoms with Crippen molar-refractivity contribution in [3.8, 4) is 0 Å². The summed E-state index contributed by atoms with van der Waals surface area (Å²) in [4.78, 5) is 0. The van der Waals surface area contributed by atoms with E-state index in [0.717, 1.165) is 23.8 Å². The van der Waals surface area contributed by atoms with Crippen LogP contribution < -0.4 is 5.32 Å². The predicted molar refractivity (Wildman–Crippen MR) is 68.4 cm³/mol. The molecule has 0 amide bonds. The smallest absolute Gasteiger partial charge is 0.00980 e. The molecule has 1 nitrogen and oxygen atoms in total. The van der Waals surface area contributed by atoms with E-state index in [1.54, 1.807) is 6.42 Å². The summed E-state index contributed by atoms with van der Waals surface area (Å²) < 4.78 is 0. The molecule has 3 aliphatic rings. The van der Waals surface area contributed by atoms with Crippen molar-refractivity contribution in [3.63, 3.8) is 0 Å². The predicted octanol–water partition coefficient (Wildman–Crippen LogP) is 3.74. The minimum absolute atomic E-state index is 0.905. The molecule has 3 rings (SSSR count). The molecule has 3 unspecified atom stereocenters. The van der Waals surface area contributed by atoms with Gasteiger partial charge in [0, 0.05) is 6.04 Å². The third-order valence-corrected chi connectivity index (χ3v) is 5.41. The Morgan fingerprint density at radius 2 is 1.81 bits per heavy atom. The first-order chi connectivity index (χ1) is 7.92. The second kappa shape index (κ2) is 5.08. The van der Waals surface area contributed by atoms with Crippen LogP contribution in [-0.4, -0.2) is 12.6 Å². The fourth-order valence-electron chi connectivity index (χ4n) is 4.47. The zero-order chi connectivity index (χ0) is 10.8. The summed E-state index contributed by atoms with van der Waals surface area (Å²) in [6.45, 7) is 1.30. The number of hydrogen-bond acceptors (Lipinski definition) is 1. The Hall–Kier alpha value is -0.0400. The van der Waals surface area contributed by atoms with Gasteiger partial charge in [-0.3, -0.25) is 0 Å². The Bertz CT molecular complexity index is 219. The molecule has 0 aromatic heterocycles. The Morgan fingerprint density at radius 3 is 2.50 bits per heavy atom. The van der Waals surface area contributed by atoms with Gasteiger partial charge < -0.3 is 5.32 Å². The van der Waals surface area contributed by atoms with Crippen LogP contribution in [0.1, 0.15) is 64.2 Å². The van der Waals surface area contributed by atoms with Gasteiger partial charge in [0.2, 0.25) is 0 Å². The molecule has 0 radical (unpaired) electrons. The van der Waals surface area contributed by atoms with Crippen LogP contribution >= 0.6 is 0 Å². The van der Waals surface area contributed by atoms with Crippen molar-refractivity contribution in [1.82, 2.24) is 5.32 Å². The first-order valence-electron chi connectivity index (χ1n) is 7.65. The van der Waals surface area contributed by atoms with Crippen LogP contribution in [0.2, 0.25) is 0 Å². The van der Waals surface area contributed by atoms with Crippen molar-refractivity contribution in [2.24, 2.45) is 17.8 Å². The van der Waals surface area contributed by atoms with Crippen molar-refractivity contribution in [1.29, 1.82) is 0 Å². The second-order valence-electron chi connectivity index (χ2n) is 6.53. The van der Waals surface area contributed by atoms with Crippen LogP contribution in [0.15, 0.2) is 0 Å². The molecular weight excluding hydrogens is 194 g/mol. The van der Waals surface area contributed by atoms with Gasteiger partial charge in [0.25, 0.3) is 0 Å². The summed E-state index contributed by atoms with van der Waals surface area (Å²) in [5.74, 6) is 3.23. The lowest BCUT2D eigenvalue weighted by molar-refractivity contribution is 0.344. The maximum atomic E-state index is 3.84. The molecule has 0 aromatic rings. The van der Waals surface area contributed by atoms with Gasteiger partial charge in [0.05, 0.1) is 0 Å². The van der Waals surface area contributed by atoms with Gasteiger partial charge in [0.1, 0.15) is 0 Å². The molecule has 0 aliphatic heterocycles. The van der Waals surface area contributed by atoms with Gasteiger partial charge in [-0.25, -0.2) is 0 Å². The molecule has 2 bridgehead atoms. The van der Waals surface area contributed by atoms with Crippen molar-refractivity contribution in [2.75, 3.05) is 6.54 Å². The van der Waals surface area contributed by atoms with Gasteiger partial charge in [-0.15, -0.1) is 0 Å². The summed E-state index contributed by atoms with van der Waals surface area (Å²) in [5, 5.41) is 3.84. The maximum Gasteiger partial charge on any atom is 0.00980 e. The average Bonchev–Trinajstić information content (AvgIpc) is 3.01. The highest BCUT2D eigenvalue weighted by atomic mass is 14.9. The normalized spacial score (nSPS) is 38.6. The molecule has 0 saturated heterocycles. The van der Waals surface area contributed by atoms with Crippen LogP contribution in [0.25, 0.3) is 0 Å². The van der Waals surface area contributed by atoms with Gasteiger partial charge >= 0.3 is 0 Å². The molecule has 1 heteroatoms. The first-order valence-corrected chi connectivity index (χ1v) is 7.65. The fourth-order valence-corrected chi connectivity index (χ4v) is 4.47. The zero-order valence-electron chi connectivity index (χ0n) is 10.6. The molecule has 3 fully saturated rings. The third kappa shape index (κ3) is 2.45. The molecule has 3 saturated carbocycles. The first kappa shape index (κ1) is 11.1. The van der Waals surface area contributed by atoms with Crippen molar-refractivity contribution < 1.29 is 0 Å². The number of nitrogens with one attached hydrogen (secondary N) is 1. The molecule has 3 aliphatic carbocycles. The second-order valence-corrected chi connectivity index (χ2v) is 6.53. The minimum atomic E-state index is 0.905. The van der Waals surface area contributed by atoms with Crippen molar-refractivity contribution >= 4 is 0 Å². The van der Waals surface area contributed by atoms with Crippen LogP contribution in [0.4, 0.5) is 0 Å². The minimum Gasteiger partial charge on any atom is -0.314 e. The SMILES string of the molecule is C1CCC(CCCNC2CC3CCC2C3)C1. The van der Waals surface area contributed by atoms with E-state index in [1.165, 1.54) is 64.3 Å².